The number of nitrogens with zero attached hydrogens (tertiary/aromatic N) is 2. The van der Waals surface area contributed by atoms with E-state index in [-0.39, 0.29) is 5.91 Å². The first kappa shape index (κ1) is 15.8. The lowest BCUT2D eigenvalue weighted by atomic mass is 10.0. The molecule has 3 rings (SSSR count). The van der Waals surface area contributed by atoms with Crippen LogP contribution in [-0.4, -0.2) is 41.6 Å². The van der Waals surface area contributed by atoms with Crippen LogP contribution in [0.15, 0.2) is 36.4 Å². The minimum Gasteiger partial charge on any atom is -0.339 e. The molecular weight excluding hydrogens is 286 g/mol. The first-order chi connectivity index (χ1) is 11.1. The third-order valence-electron chi connectivity index (χ3n) is 4.85. The molecule has 0 radical (unpaired) electrons. The molecule has 1 aromatic heterocycles. The Hall–Kier alpha value is -2.07. The highest BCUT2D eigenvalue weighted by atomic mass is 16.2. The Morgan fingerprint density at radius 1 is 1.17 bits per heavy atom. The highest BCUT2D eigenvalue weighted by Gasteiger charge is 2.25. The van der Waals surface area contributed by atoms with Crippen molar-refractivity contribution in [1.82, 2.24) is 14.8 Å². The Labute approximate surface area is 138 Å². The number of piperidine rings is 1. The number of hydrogen-bond acceptors (Lipinski definition) is 2. The number of nitrogens with one attached hydrogen (secondary N) is 1. The number of aromatic nitrogens is 1. The fraction of sp³-hybridized carbons (Fsp3) is 0.421. The van der Waals surface area contributed by atoms with Crippen LogP contribution in [0.5, 0.6) is 0 Å². The quantitative estimate of drug-likeness (QED) is 0.946. The SMILES string of the molecule is Cc1cc(C(=O)N(C)C2CCNCC2)c(C)n1-c1ccccc1. The van der Waals surface area contributed by atoms with Gasteiger partial charge in [-0.3, -0.25) is 4.79 Å². The van der Waals surface area contributed by atoms with Gasteiger partial charge < -0.3 is 14.8 Å². The van der Waals surface area contributed by atoms with Crippen molar-refractivity contribution in [3.05, 3.63) is 53.3 Å². The third kappa shape index (κ3) is 3.04. The molecule has 0 atom stereocenters. The summed E-state index contributed by atoms with van der Waals surface area (Å²) in [7, 11) is 1.94. The summed E-state index contributed by atoms with van der Waals surface area (Å²) in [6.07, 6.45) is 2.05. The maximum atomic E-state index is 13.0. The highest BCUT2D eigenvalue weighted by molar-refractivity contribution is 5.96. The number of para-hydroxylation sites is 1. The Morgan fingerprint density at radius 3 is 2.48 bits per heavy atom. The van der Waals surface area contributed by atoms with E-state index in [1.54, 1.807) is 0 Å². The van der Waals surface area contributed by atoms with E-state index >= 15 is 0 Å². The van der Waals surface area contributed by atoms with Crippen LogP contribution in [0.4, 0.5) is 0 Å². The van der Waals surface area contributed by atoms with Gasteiger partial charge in [-0.2, -0.15) is 0 Å². The van der Waals surface area contributed by atoms with Gasteiger partial charge in [0.2, 0.25) is 0 Å². The zero-order valence-electron chi connectivity index (χ0n) is 14.2. The molecule has 0 bridgehead atoms. The minimum absolute atomic E-state index is 0.132. The van der Waals surface area contributed by atoms with Gasteiger partial charge in [0.25, 0.3) is 5.91 Å². The zero-order chi connectivity index (χ0) is 16.4. The van der Waals surface area contributed by atoms with Crippen molar-refractivity contribution in [2.45, 2.75) is 32.7 Å². The lowest BCUT2D eigenvalue weighted by molar-refractivity contribution is 0.0702. The van der Waals surface area contributed by atoms with Crippen LogP contribution in [0.2, 0.25) is 0 Å². The largest absolute Gasteiger partial charge is 0.339 e. The fourth-order valence-electron chi connectivity index (χ4n) is 3.50. The predicted octanol–water partition coefficient (Wildman–Crippen LogP) is 2.92. The van der Waals surface area contributed by atoms with E-state index < -0.39 is 0 Å². The standard InChI is InChI=1S/C19H25N3O/c1-14-13-18(15(2)22(14)17-7-5-4-6-8-17)19(23)21(3)16-9-11-20-12-10-16/h4-8,13,16,20H,9-12H2,1-3H3. The summed E-state index contributed by atoms with van der Waals surface area (Å²) < 4.78 is 2.16. The molecule has 4 heteroatoms. The van der Waals surface area contributed by atoms with Crippen LogP contribution in [0.3, 0.4) is 0 Å². The Balaban J connectivity index is 1.90. The van der Waals surface area contributed by atoms with Gasteiger partial charge in [-0.15, -0.1) is 0 Å². The Morgan fingerprint density at radius 2 is 1.83 bits per heavy atom. The number of carbonyl (C=O) groups is 1. The molecule has 1 aliphatic heterocycles. The van der Waals surface area contributed by atoms with E-state index in [4.69, 9.17) is 0 Å². The van der Waals surface area contributed by atoms with Crippen molar-refractivity contribution >= 4 is 5.91 Å². The molecule has 1 fully saturated rings. The summed E-state index contributed by atoms with van der Waals surface area (Å²) in [6, 6.07) is 12.6. The average Bonchev–Trinajstić information content (AvgIpc) is 2.89. The number of benzene rings is 1. The molecule has 4 nitrogen and oxygen atoms in total. The normalized spacial score (nSPS) is 15.6. The number of amides is 1. The summed E-state index contributed by atoms with van der Waals surface area (Å²) in [6.45, 7) is 6.07. The highest BCUT2D eigenvalue weighted by Crippen LogP contribution is 2.23. The summed E-state index contributed by atoms with van der Waals surface area (Å²) in [5.74, 6) is 0.132. The van der Waals surface area contributed by atoms with Crippen molar-refractivity contribution in [3.63, 3.8) is 0 Å². The van der Waals surface area contributed by atoms with Gasteiger partial charge in [-0.25, -0.2) is 0 Å². The average molecular weight is 311 g/mol. The number of carbonyl (C=O) groups excluding carboxylic acids is 1. The zero-order valence-corrected chi connectivity index (χ0v) is 14.2. The maximum absolute atomic E-state index is 13.0. The second kappa shape index (κ2) is 6.59. The van der Waals surface area contributed by atoms with Crippen molar-refractivity contribution in [2.24, 2.45) is 0 Å². The minimum atomic E-state index is 0.132. The molecule has 122 valence electrons. The maximum Gasteiger partial charge on any atom is 0.255 e. The number of hydrogen-bond donors (Lipinski definition) is 1. The second-order valence-corrected chi connectivity index (χ2v) is 6.35. The molecule has 2 aromatic rings. The molecule has 1 N–H and O–H groups in total. The van der Waals surface area contributed by atoms with Crippen LogP contribution < -0.4 is 5.32 Å². The van der Waals surface area contributed by atoms with E-state index in [2.05, 4.69) is 28.9 Å². The van der Waals surface area contributed by atoms with Crippen molar-refractivity contribution in [2.75, 3.05) is 20.1 Å². The summed E-state index contributed by atoms with van der Waals surface area (Å²) in [5, 5.41) is 3.35. The van der Waals surface area contributed by atoms with Gasteiger partial charge in [0, 0.05) is 30.2 Å². The van der Waals surface area contributed by atoms with Gasteiger partial charge in [0.1, 0.15) is 0 Å². The number of aryl methyl sites for hydroxylation is 1. The van der Waals surface area contributed by atoms with E-state index in [1.165, 1.54) is 0 Å². The smallest absolute Gasteiger partial charge is 0.255 e. The van der Waals surface area contributed by atoms with Gasteiger partial charge in [0.05, 0.1) is 5.56 Å². The van der Waals surface area contributed by atoms with Crippen LogP contribution in [0.1, 0.15) is 34.6 Å². The van der Waals surface area contributed by atoms with Crippen LogP contribution in [-0.2, 0) is 0 Å². The number of rotatable bonds is 3. The van der Waals surface area contributed by atoms with Crippen molar-refractivity contribution in [1.29, 1.82) is 0 Å². The van der Waals surface area contributed by atoms with Gasteiger partial charge in [-0.05, 0) is 58.0 Å². The Bertz CT molecular complexity index is 684. The molecule has 1 saturated heterocycles. The summed E-state index contributed by atoms with van der Waals surface area (Å²) in [5.41, 5.74) is 4.02. The van der Waals surface area contributed by atoms with Crippen LogP contribution >= 0.6 is 0 Å². The van der Waals surface area contributed by atoms with E-state index in [0.717, 1.165) is 48.6 Å². The van der Waals surface area contributed by atoms with Crippen LogP contribution in [0, 0.1) is 13.8 Å². The molecule has 2 heterocycles. The Kier molecular flexibility index (Phi) is 4.53. The molecule has 0 aliphatic carbocycles. The first-order valence-corrected chi connectivity index (χ1v) is 8.32. The summed E-state index contributed by atoms with van der Waals surface area (Å²) in [4.78, 5) is 14.9. The molecule has 0 spiro atoms. The first-order valence-electron chi connectivity index (χ1n) is 8.32. The van der Waals surface area contributed by atoms with Gasteiger partial charge in [0.15, 0.2) is 0 Å². The lowest BCUT2D eigenvalue weighted by Gasteiger charge is -2.31. The fourth-order valence-corrected chi connectivity index (χ4v) is 3.50. The molecule has 1 aliphatic rings. The van der Waals surface area contributed by atoms with E-state index in [1.807, 2.05) is 43.1 Å². The molecular formula is C19H25N3O. The topological polar surface area (TPSA) is 37.3 Å². The third-order valence-corrected chi connectivity index (χ3v) is 4.85. The van der Waals surface area contributed by atoms with Gasteiger partial charge in [-0.1, -0.05) is 18.2 Å². The van der Waals surface area contributed by atoms with E-state index in [9.17, 15) is 4.79 Å². The monoisotopic (exact) mass is 311 g/mol. The molecule has 1 aromatic carbocycles. The van der Waals surface area contributed by atoms with E-state index in [0.29, 0.717) is 6.04 Å². The van der Waals surface area contributed by atoms with Crippen molar-refractivity contribution in [3.8, 4) is 5.69 Å². The molecule has 0 unspecified atom stereocenters. The lowest BCUT2D eigenvalue weighted by Crippen LogP contribution is -2.44. The van der Waals surface area contributed by atoms with Crippen molar-refractivity contribution < 1.29 is 4.79 Å². The summed E-state index contributed by atoms with van der Waals surface area (Å²) >= 11 is 0. The van der Waals surface area contributed by atoms with Crippen LogP contribution in [0.25, 0.3) is 5.69 Å². The second-order valence-electron chi connectivity index (χ2n) is 6.35. The molecule has 23 heavy (non-hydrogen) atoms. The molecule has 0 saturated carbocycles. The van der Waals surface area contributed by atoms with Gasteiger partial charge >= 0.3 is 0 Å². The predicted molar refractivity (Wildman–Crippen MR) is 93.2 cm³/mol. The molecule has 1 amide bonds.